The number of piperidine rings is 1. The van der Waals surface area contributed by atoms with Gasteiger partial charge in [0.15, 0.2) is 5.82 Å². The third-order valence-corrected chi connectivity index (χ3v) is 4.44. The first-order chi connectivity index (χ1) is 13.2. The molecule has 1 saturated heterocycles. The Labute approximate surface area is 157 Å². The Morgan fingerprint density at radius 3 is 2.96 bits per heavy atom. The van der Waals surface area contributed by atoms with Crippen LogP contribution < -0.4 is 4.74 Å². The molecule has 1 atom stereocenters. The van der Waals surface area contributed by atoms with Crippen LogP contribution in [0.2, 0.25) is 0 Å². The van der Waals surface area contributed by atoms with Crippen LogP contribution in [0.4, 0.5) is 4.39 Å². The summed E-state index contributed by atoms with van der Waals surface area (Å²) in [5, 5.41) is 4.00. The molecule has 0 aliphatic carbocycles. The molecule has 1 fully saturated rings. The summed E-state index contributed by atoms with van der Waals surface area (Å²) in [6.45, 7) is 4.17. The quantitative estimate of drug-likeness (QED) is 0.704. The van der Waals surface area contributed by atoms with Crippen molar-refractivity contribution in [3.05, 3.63) is 41.8 Å². The first-order valence-electron chi connectivity index (χ1n) is 9.22. The third-order valence-electron chi connectivity index (χ3n) is 4.44. The summed E-state index contributed by atoms with van der Waals surface area (Å²) in [5.74, 6) is 1.45. The van der Waals surface area contributed by atoms with Gasteiger partial charge in [-0.2, -0.15) is 4.98 Å². The second-order valence-corrected chi connectivity index (χ2v) is 6.42. The van der Waals surface area contributed by atoms with Crippen LogP contribution in [0, 0.1) is 5.82 Å². The average Bonchev–Trinajstić information content (AvgIpc) is 3.17. The van der Waals surface area contributed by atoms with Crippen molar-refractivity contribution in [3.8, 4) is 5.75 Å². The van der Waals surface area contributed by atoms with Crippen molar-refractivity contribution in [3.63, 3.8) is 0 Å². The van der Waals surface area contributed by atoms with E-state index in [4.69, 9.17) is 14.0 Å². The van der Waals surface area contributed by atoms with Gasteiger partial charge in [-0.1, -0.05) is 5.16 Å². The van der Waals surface area contributed by atoms with Crippen LogP contribution >= 0.6 is 0 Å². The highest BCUT2D eigenvalue weighted by molar-refractivity contribution is 5.77. The third kappa shape index (κ3) is 5.50. The van der Waals surface area contributed by atoms with E-state index in [2.05, 4.69) is 10.1 Å². The van der Waals surface area contributed by atoms with Gasteiger partial charge < -0.3 is 18.9 Å². The highest BCUT2D eigenvalue weighted by Gasteiger charge is 2.28. The minimum absolute atomic E-state index is 0.00557. The van der Waals surface area contributed by atoms with Crippen molar-refractivity contribution in [1.29, 1.82) is 0 Å². The number of carbonyl (C=O) groups excluding carboxylic acids is 1. The van der Waals surface area contributed by atoms with Gasteiger partial charge >= 0.3 is 0 Å². The molecule has 0 spiro atoms. The normalized spacial score (nSPS) is 17.1. The van der Waals surface area contributed by atoms with E-state index in [0.29, 0.717) is 43.6 Å². The summed E-state index contributed by atoms with van der Waals surface area (Å²) in [6.07, 6.45) is 2.29. The van der Waals surface area contributed by atoms with E-state index < -0.39 is 0 Å². The van der Waals surface area contributed by atoms with Crippen LogP contribution in [0.15, 0.2) is 28.8 Å². The summed E-state index contributed by atoms with van der Waals surface area (Å²) >= 11 is 0. The van der Waals surface area contributed by atoms with E-state index in [1.807, 2.05) is 6.92 Å². The molecule has 1 aromatic carbocycles. The van der Waals surface area contributed by atoms with E-state index in [0.717, 1.165) is 19.4 Å². The molecule has 1 unspecified atom stereocenters. The van der Waals surface area contributed by atoms with Crippen LogP contribution in [0.3, 0.4) is 0 Å². The zero-order valence-electron chi connectivity index (χ0n) is 15.4. The smallest absolute Gasteiger partial charge is 0.248 e. The van der Waals surface area contributed by atoms with Gasteiger partial charge in [0.05, 0.1) is 12.5 Å². The standard InChI is InChI=1S/C19H24FN3O4/c1-2-25-13-18(24)23-10-3-4-14(12-23)19-21-17(22-27-19)9-11-26-16-7-5-15(20)6-8-16/h5-8,14H,2-4,9-13H2,1H3. The number of halogens is 1. The Morgan fingerprint density at radius 1 is 1.37 bits per heavy atom. The summed E-state index contributed by atoms with van der Waals surface area (Å²) in [4.78, 5) is 18.4. The maximum Gasteiger partial charge on any atom is 0.248 e. The lowest BCUT2D eigenvalue weighted by atomic mass is 9.98. The summed E-state index contributed by atoms with van der Waals surface area (Å²) in [6, 6.07) is 5.85. The summed E-state index contributed by atoms with van der Waals surface area (Å²) in [5.41, 5.74) is 0. The van der Waals surface area contributed by atoms with Crippen LogP contribution in [-0.2, 0) is 16.0 Å². The predicted octanol–water partition coefficient (Wildman–Crippen LogP) is 2.57. The van der Waals surface area contributed by atoms with Gasteiger partial charge in [-0.3, -0.25) is 4.79 Å². The van der Waals surface area contributed by atoms with Gasteiger partial charge in [0.1, 0.15) is 18.2 Å². The van der Waals surface area contributed by atoms with Gasteiger partial charge in [-0.15, -0.1) is 0 Å². The molecule has 8 heteroatoms. The molecule has 27 heavy (non-hydrogen) atoms. The SMILES string of the molecule is CCOCC(=O)N1CCCC(c2nc(CCOc3ccc(F)cc3)no2)C1. The lowest BCUT2D eigenvalue weighted by Gasteiger charge is -2.30. The number of carbonyl (C=O) groups is 1. The molecular weight excluding hydrogens is 353 g/mol. The van der Waals surface area contributed by atoms with Crippen molar-refractivity contribution < 1.29 is 23.2 Å². The number of hydrogen-bond donors (Lipinski definition) is 0. The van der Waals surface area contributed by atoms with E-state index in [1.165, 1.54) is 12.1 Å². The summed E-state index contributed by atoms with van der Waals surface area (Å²) < 4.78 is 29.0. The van der Waals surface area contributed by atoms with Gasteiger partial charge in [0.25, 0.3) is 0 Å². The highest BCUT2D eigenvalue weighted by atomic mass is 19.1. The van der Waals surface area contributed by atoms with E-state index in [1.54, 1.807) is 17.0 Å². The minimum atomic E-state index is -0.300. The lowest BCUT2D eigenvalue weighted by molar-refractivity contribution is -0.137. The lowest BCUT2D eigenvalue weighted by Crippen LogP contribution is -2.41. The van der Waals surface area contributed by atoms with Gasteiger partial charge in [0, 0.05) is 26.1 Å². The zero-order chi connectivity index (χ0) is 19.1. The fraction of sp³-hybridized carbons (Fsp3) is 0.526. The Kier molecular flexibility index (Phi) is 6.75. The Balaban J connectivity index is 1.49. The Hall–Kier alpha value is -2.48. The molecule has 3 rings (SSSR count). The second-order valence-electron chi connectivity index (χ2n) is 6.42. The average molecular weight is 377 g/mol. The van der Waals surface area contributed by atoms with Crippen LogP contribution in [0.1, 0.15) is 37.4 Å². The van der Waals surface area contributed by atoms with Gasteiger partial charge in [-0.05, 0) is 44.0 Å². The number of rotatable bonds is 8. The first kappa shape index (κ1) is 19.3. The number of ether oxygens (including phenoxy) is 2. The Morgan fingerprint density at radius 2 is 2.19 bits per heavy atom. The van der Waals surface area contributed by atoms with Crippen molar-refractivity contribution in [2.24, 2.45) is 0 Å². The molecule has 1 aliphatic heterocycles. The first-order valence-corrected chi connectivity index (χ1v) is 9.22. The van der Waals surface area contributed by atoms with Gasteiger partial charge in [0.2, 0.25) is 11.8 Å². The van der Waals surface area contributed by atoms with E-state index in [-0.39, 0.29) is 24.2 Å². The van der Waals surface area contributed by atoms with Crippen molar-refractivity contribution in [2.75, 3.05) is 32.9 Å². The molecule has 7 nitrogen and oxygen atoms in total. The molecule has 2 aromatic rings. The fourth-order valence-electron chi connectivity index (χ4n) is 3.01. The van der Waals surface area contributed by atoms with E-state index in [9.17, 15) is 9.18 Å². The van der Waals surface area contributed by atoms with Crippen molar-refractivity contribution >= 4 is 5.91 Å². The summed E-state index contributed by atoms with van der Waals surface area (Å²) in [7, 11) is 0. The minimum Gasteiger partial charge on any atom is -0.493 e. The van der Waals surface area contributed by atoms with Gasteiger partial charge in [-0.25, -0.2) is 4.39 Å². The second kappa shape index (κ2) is 9.45. The molecule has 146 valence electrons. The van der Waals surface area contributed by atoms with Crippen molar-refractivity contribution in [2.45, 2.75) is 32.1 Å². The molecule has 2 heterocycles. The highest BCUT2D eigenvalue weighted by Crippen LogP contribution is 2.26. The molecule has 1 aliphatic rings. The number of nitrogens with zero attached hydrogens (tertiary/aromatic N) is 3. The molecule has 0 N–H and O–H groups in total. The molecular formula is C19H24FN3O4. The maximum atomic E-state index is 12.9. The van der Waals surface area contributed by atoms with Crippen LogP contribution in [0.5, 0.6) is 5.75 Å². The molecule has 0 saturated carbocycles. The topological polar surface area (TPSA) is 77.7 Å². The van der Waals surface area contributed by atoms with Crippen molar-refractivity contribution in [1.82, 2.24) is 15.0 Å². The number of hydrogen-bond acceptors (Lipinski definition) is 6. The number of benzene rings is 1. The molecule has 1 amide bonds. The fourth-order valence-corrected chi connectivity index (χ4v) is 3.01. The largest absolute Gasteiger partial charge is 0.493 e. The van der Waals surface area contributed by atoms with E-state index >= 15 is 0 Å². The Bertz CT molecular complexity index is 735. The maximum absolute atomic E-state index is 12.9. The molecule has 0 radical (unpaired) electrons. The van der Waals surface area contributed by atoms with Crippen LogP contribution in [0.25, 0.3) is 0 Å². The van der Waals surface area contributed by atoms with Crippen LogP contribution in [-0.4, -0.2) is 53.9 Å². The monoisotopic (exact) mass is 377 g/mol. The molecule has 0 bridgehead atoms. The number of amides is 1. The number of likely N-dealkylation sites (tertiary alicyclic amines) is 1. The zero-order valence-corrected chi connectivity index (χ0v) is 15.4. The number of aromatic nitrogens is 2. The predicted molar refractivity (Wildman–Crippen MR) is 94.9 cm³/mol. The molecule has 1 aromatic heterocycles.